The van der Waals surface area contributed by atoms with E-state index in [4.69, 9.17) is 10.3 Å². The Morgan fingerprint density at radius 3 is 2.43 bits per heavy atom. The highest BCUT2D eigenvalue weighted by atomic mass is 32.2. The van der Waals surface area contributed by atoms with E-state index in [1.54, 1.807) is 36.4 Å². The summed E-state index contributed by atoms with van der Waals surface area (Å²) in [5.74, 6) is 0.511. The number of aliphatic hydroxyl groups excluding tert-OH is 1. The van der Waals surface area contributed by atoms with E-state index in [2.05, 4.69) is 20.1 Å². The van der Waals surface area contributed by atoms with Gasteiger partial charge in [0.25, 0.3) is 0 Å². The van der Waals surface area contributed by atoms with E-state index in [9.17, 15) is 23.4 Å². The van der Waals surface area contributed by atoms with Gasteiger partial charge in [0, 0.05) is 17.9 Å². The van der Waals surface area contributed by atoms with Crippen molar-refractivity contribution in [1.29, 1.82) is 0 Å². The highest BCUT2D eigenvalue weighted by Crippen LogP contribution is 2.33. The number of benzene rings is 2. The van der Waals surface area contributed by atoms with Crippen LogP contribution in [0.3, 0.4) is 0 Å². The molecule has 0 bridgehead atoms. The Morgan fingerprint density at radius 1 is 1.19 bits per heavy atom. The average Bonchev–Trinajstić information content (AvgIpc) is 2.81. The molecular weight excluding hydrogens is 498 g/mol. The summed E-state index contributed by atoms with van der Waals surface area (Å²) in [5, 5.41) is 25.8. The molecule has 1 amide bonds. The normalized spacial score (nSPS) is 14.2. The van der Waals surface area contributed by atoms with E-state index in [1.165, 1.54) is 26.2 Å². The monoisotopic (exact) mass is 533 g/mol. The van der Waals surface area contributed by atoms with Gasteiger partial charge in [0.1, 0.15) is 11.4 Å². The van der Waals surface area contributed by atoms with E-state index in [0.717, 1.165) is 6.42 Å². The first-order valence-electron chi connectivity index (χ1n) is 11.8. The number of rotatable bonds is 14. The standard InChI is InChI=1S/C25H35N5O6S/c1-18(31)25(28-23(32)33,16-19-9-6-5-7-10-19)29-37(34,35)21-11-12-22(36-4)20(15-21)17-24(2,3)13-8-14-27-30-26/h5-7,9-12,15,18,28-29,31H,8,13-14,16-17H2,1-4H3,(H,32,33)/t18-,25+/m1/s1. The molecule has 0 radical (unpaired) electrons. The lowest BCUT2D eigenvalue weighted by Crippen LogP contribution is -2.67. The number of hydrogen-bond donors (Lipinski definition) is 4. The number of ether oxygens (including phenoxy) is 1. The van der Waals surface area contributed by atoms with Crippen molar-refractivity contribution in [2.24, 2.45) is 10.5 Å². The van der Waals surface area contributed by atoms with Crippen LogP contribution in [0.2, 0.25) is 0 Å². The third-order valence-electron chi connectivity index (χ3n) is 6.09. The fourth-order valence-corrected chi connectivity index (χ4v) is 5.62. The molecule has 2 aromatic carbocycles. The summed E-state index contributed by atoms with van der Waals surface area (Å²) < 4.78 is 35.0. The molecule has 11 nitrogen and oxygen atoms in total. The van der Waals surface area contributed by atoms with Crippen molar-refractivity contribution in [3.8, 4) is 5.75 Å². The van der Waals surface area contributed by atoms with Gasteiger partial charge in [-0.1, -0.05) is 49.3 Å². The van der Waals surface area contributed by atoms with Gasteiger partial charge in [0.05, 0.1) is 18.1 Å². The largest absolute Gasteiger partial charge is 0.496 e. The highest BCUT2D eigenvalue weighted by Gasteiger charge is 2.41. The second-order valence-corrected chi connectivity index (χ2v) is 11.4. The Bertz CT molecular complexity index is 1210. The molecule has 37 heavy (non-hydrogen) atoms. The predicted octanol–water partition coefficient (Wildman–Crippen LogP) is 4.22. The zero-order valence-electron chi connectivity index (χ0n) is 21.5. The minimum Gasteiger partial charge on any atom is -0.496 e. The number of carbonyl (C=O) groups is 1. The van der Waals surface area contributed by atoms with Crippen LogP contribution >= 0.6 is 0 Å². The Kier molecular flexibility index (Phi) is 10.3. The first kappa shape index (κ1) is 29.9. The molecule has 0 fully saturated rings. The second kappa shape index (κ2) is 12.8. The summed E-state index contributed by atoms with van der Waals surface area (Å²) in [4.78, 5) is 14.3. The second-order valence-electron chi connectivity index (χ2n) is 9.72. The van der Waals surface area contributed by atoms with Crippen LogP contribution in [0.1, 0.15) is 44.7 Å². The van der Waals surface area contributed by atoms with Gasteiger partial charge < -0.3 is 14.9 Å². The minimum absolute atomic E-state index is 0.0987. The van der Waals surface area contributed by atoms with Crippen LogP contribution < -0.4 is 14.8 Å². The topological polar surface area (TPSA) is 174 Å². The number of methoxy groups -OCH3 is 1. The summed E-state index contributed by atoms with van der Waals surface area (Å²) in [7, 11) is -2.81. The van der Waals surface area contributed by atoms with Crippen molar-refractivity contribution < 1.29 is 28.2 Å². The molecular formula is C25H35N5O6S. The van der Waals surface area contributed by atoms with Crippen molar-refractivity contribution in [2.45, 2.75) is 63.1 Å². The number of aliphatic hydroxyl groups is 1. The van der Waals surface area contributed by atoms with Gasteiger partial charge in [0.2, 0.25) is 10.0 Å². The minimum atomic E-state index is -4.30. The molecule has 0 saturated carbocycles. The zero-order chi connectivity index (χ0) is 27.7. The summed E-state index contributed by atoms with van der Waals surface area (Å²) in [6, 6.07) is 13.1. The maximum Gasteiger partial charge on any atom is 0.406 e. The first-order valence-corrected chi connectivity index (χ1v) is 13.3. The number of hydrogen-bond acceptors (Lipinski definition) is 6. The SMILES string of the molecule is COc1ccc(S(=O)(=O)N[C@](Cc2ccccc2)(NC(=O)O)[C@@H](C)O)cc1CC(C)(C)CCCN=[N+]=[N-]. The van der Waals surface area contributed by atoms with Crippen LogP contribution in [0.5, 0.6) is 5.75 Å². The lowest BCUT2D eigenvalue weighted by molar-refractivity contribution is 0.0637. The number of sulfonamides is 1. The molecule has 202 valence electrons. The maximum atomic E-state index is 13.5. The molecule has 2 rings (SSSR count). The Balaban J connectivity index is 2.43. The van der Waals surface area contributed by atoms with Crippen LogP contribution in [0.4, 0.5) is 4.79 Å². The van der Waals surface area contributed by atoms with Gasteiger partial charge in [-0.05, 0) is 66.5 Å². The number of nitrogens with zero attached hydrogens (tertiary/aromatic N) is 3. The van der Waals surface area contributed by atoms with Crippen molar-refractivity contribution in [3.05, 3.63) is 70.1 Å². The molecule has 2 aromatic rings. The van der Waals surface area contributed by atoms with E-state index >= 15 is 0 Å². The van der Waals surface area contributed by atoms with Gasteiger partial charge in [-0.15, -0.1) is 0 Å². The van der Waals surface area contributed by atoms with Gasteiger partial charge >= 0.3 is 6.09 Å². The van der Waals surface area contributed by atoms with Gasteiger partial charge in [-0.2, -0.15) is 4.72 Å². The van der Waals surface area contributed by atoms with Gasteiger partial charge in [0.15, 0.2) is 0 Å². The molecule has 0 aliphatic carbocycles. The highest BCUT2D eigenvalue weighted by molar-refractivity contribution is 7.89. The lowest BCUT2D eigenvalue weighted by Gasteiger charge is -2.37. The van der Waals surface area contributed by atoms with Crippen molar-refractivity contribution in [2.75, 3.05) is 13.7 Å². The van der Waals surface area contributed by atoms with Gasteiger partial charge in [-0.25, -0.2) is 13.2 Å². The predicted molar refractivity (Wildman–Crippen MR) is 140 cm³/mol. The van der Waals surface area contributed by atoms with E-state index in [0.29, 0.717) is 36.3 Å². The van der Waals surface area contributed by atoms with E-state index in [-0.39, 0.29) is 16.7 Å². The number of amides is 1. The molecule has 4 N–H and O–H groups in total. The summed E-state index contributed by atoms with van der Waals surface area (Å²) in [5.41, 5.74) is 7.57. The molecule has 0 aromatic heterocycles. The van der Waals surface area contributed by atoms with Gasteiger partial charge in [-0.3, -0.25) is 5.32 Å². The smallest absolute Gasteiger partial charge is 0.406 e. The fraction of sp³-hybridized carbons (Fsp3) is 0.480. The third kappa shape index (κ3) is 8.64. The van der Waals surface area contributed by atoms with Crippen molar-refractivity contribution in [3.63, 3.8) is 0 Å². The number of nitrogens with one attached hydrogen (secondary N) is 2. The molecule has 0 unspecified atom stereocenters. The molecule has 0 spiro atoms. The fourth-order valence-electron chi connectivity index (χ4n) is 4.19. The Labute approximate surface area is 217 Å². The Hall–Kier alpha value is -3.31. The van der Waals surface area contributed by atoms with Crippen molar-refractivity contribution in [1.82, 2.24) is 10.0 Å². The quantitative estimate of drug-likeness (QED) is 0.0929. The first-order chi connectivity index (χ1) is 17.3. The van der Waals surface area contributed by atoms with E-state index < -0.39 is 27.9 Å². The van der Waals surface area contributed by atoms with Crippen LogP contribution in [0.15, 0.2) is 58.5 Å². The Morgan fingerprint density at radius 2 is 1.86 bits per heavy atom. The maximum absolute atomic E-state index is 13.5. The average molecular weight is 534 g/mol. The molecule has 0 saturated heterocycles. The van der Waals surface area contributed by atoms with Crippen LogP contribution in [0, 0.1) is 5.41 Å². The van der Waals surface area contributed by atoms with Crippen LogP contribution in [-0.2, 0) is 22.9 Å². The molecule has 0 heterocycles. The summed E-state index contributed by atoms with van der Waals surface area (Å²) in [6.45, 7) is 5.74. The zero-order valence-corrected chi connectivity index (χ0v) is 22.3. The molecule has 2 atom stereocenters. The summed E-state index contributed by atoms with van der Waals surface area (Å²) in [6.07, 6.45) is -1.14. The summed E-state index contributed by atoms with van der Waals surface area (Å²) >= 11 is 0. The van der Waals surface area contributed by atoms with E-state index in [1.807, 2.05) is 13.8 Å². The molecule has 0 aliphatic rings. The van der Waals surface area contributed by atoms with Crippen molar-refractivity contribution >= 4 is 16.1 Å². The number of azide groups is 1. The molecule has 0 aliphatic heterocycles. The number of carboxylic acid groups (broad SMARTS) is 1. The molecule has 12 heteroatoms. The van der Waals surface area contributed by atoms with Crippen LogP contribution in [-0.4, -0.2) is 50.1 Å². The third-order valence-corrected chi connectivity index (χ3v) is 7.60. The lowest BCUT2D eigenvalue weighted by atomic mass is 9.81. The van der Waals surface area contributed by atoms with Crippen LogP contribution in [0.25, 0.3) is 10.4 Å².